The summed E-state index contributed by atoms with van der Waals surface area (Å²) < 4.78 is 0. The van der Waals surface area contributed by atoms with E-state index in [-0.39, 0.29) is 0 Å². The zero-order valence-electron chi connectivity index (χ0n) is 17.5. The first-order valence-corrected chi connectivity index (χ1v) is 10.1. The van der Waals surface area contributed by atoms with E-state index in [0.717, 1.165) is 0 Å². The third-order valence-corrected chi connectivity index (χ3v) is 4.97. The van der Waals surface area contributed by atoms with Crippen molar-refractivity contribution < 1.29 is 0 Å². The highest BCUT2D eigenvalue weighted by Crippen LogP contribution is 2.23. The quantitative estimate of drug-likeness (QED) is 0.348. The molecule has 29 heavy (non-hydrogen) atoms. The molecule has 0 spiro atoms. The maximum absolute atomic E-state index is 2.22. The Morgan fingerprint density at radius 1 is 0.483 bits per heavy atom. The maximum atomic E-state index is 2.22. The molecule has 0 bridgehead atoms. The first kappa shape index (κ1) is 20.4. The van der Waals surface area contributed by atoms with Crippen LogP contribution in [-0.4, -0.2) is 7.05 Å². The molecule has 0 radical (unpaired) electrons. The van der Waals surface area contributed by atoms with Gasteiger partial charge in [0.15, 0.2) is 0 Å². The van der Waals surface area contributed by atoms with Crippen LogP contribution in [0.25, 0.3) is 11.1 Å². The Morgan fingerprint density at radius 2 is 0.862 bits per heavy atom. The fraction of sp³-hybridized carbons (Fsp3) is 0.143. The van der Waals surface area contributed by atoms with E-state index < -0.39 is 0 Å². The number of para-hydroxylation sites is 2. The van der Waals surface area contributed by atoms with Gasteiger partial charge in [0.25, 0.3) is 0 Å². The molecule has 0 aliphatic rings. The van der Waals surface area contributed by atoms with Crippen molar-refractivity contribution in [1.29, 1.82) is 0 Å². The lowest BCUT2D eigenvalue weighted by Crippen LogP contribution is -2.08. The van der Waals surface area contributed by atoms with Crippen LogP contribution in [-0.2, 0) is 0 Å². The molecule has 0 N–H and O–H groups in total. The molecule has 0 aliphatic heterocycles. The number of hydrogen-bond donors (Lipinski definition) is 0. The molecular formula is C28H29N. The minimum atomic E-state index is 0.606. The largest absolute Gasteiger partial charge is 0.345 e. The fourth-order valence-corrected chi connectivity index (χ4v) is 3.14. The molecule has 0 amide bonds. The molecule has 0 heterocycles. The van der Waals surface area contributed by atoms with Gasteiger partial charge in [-0.2, -0.15) is 0 Å². The van der Waals surface area contributed by atoms with Crippen molar-refractivity contribution in [1.82, 2.24) is 0 Å². The van der Waals surface area contributed by atoms with Gasteiger partial charge >= 0.3 is 0 Å². The van der Waals surface area contributed by atoms with E-state index in [2.05, 4.69) is 123 Å². The summed E-state index contributed by atoms with van der Waals surface area (Å²) in [6, 6.07) is 40.0. The molecule has 0 saturated heterocycles. The van der Waals surface area contributed by atoms with Gasteiger partial charge in [-0.15, -0.1) is 0 Å². The average Bonchev–Trinajstić information content (AvgIpc) is 2.81. The predicted molar refractivity (Wildman–Crippen MR) is 127 cm³/mol. The van der Waals surface area contributed by atoms with E-state index in [1.165, 1.54) is 28.1 Å². The van der Waals surface area contributed by atoms with E-state index >= 15 is 0 Å². The predicted octanol–water partition coefficient (Wildman–Crippen LogP) is 7.93. The highest BCUT2D eigenvalue weighted by atomic mass is 15.1. The van der Waals surface area contributed by atoms with Crippen LogP contribution in [0.1, 0.15) is 25.3 Å². The van der Waals surface area contributed by atoms with Gasteiger partial charge < -0.3 is 4.90 Å². The normalized spacial score (nSPS) is 10.2. The van der Waals surface area contributed by atoms with E-state index in [9.17, 15) is 0 Å². The Kier molecular flexibility index (Phi) is 7.24. The summed E-state index contributed by atoms with van der Waals surface area (Å²) in [4.78, 5) is 2.17. The van der Waals surface area contributed by atoms with Crippen molar-refractivity contribution in [3.05, 3.63) is 121 Å². The molecule has 0 aliphatic carbocycles. The van der Waals surface area contributed by atoms with Crippen molar-refractivity contribution in [3.8, 4) is 11.1 Å². The number of rotatable bonds is 4. The minimum Gasteiger partial charge on any atom is -0.345 e. The maximum Gasteiger partial charge on any atom is 0.0408 e. The molecule has 0 fully saturated rings. The van der Waals surface area contributed by atoms with Crippen molar-refractivity contribution in [3.63, 3.8) is 0 Å². The van der Waals surface area contributed by atoms with Crippen LogP contribution in [0.15, 0.2) is 115 Å². The lowest BCUT2D eigenvalue weighted by atomic mass is 9.99. The molecule has 0 atom stereocenters. The zero-order valence-corrected chi connectivity index (χ0v) is 17.5. The second-order valence-corrected chi connectivity index (χ2v) is 7.37. The second-order valence-electron chi connectivity index (χ2n) is 7.37. The van der Waals surface area contributed by atoms with Gasteiger partial charge in [0.2, 0.25) is 0 Å². The Hall–Kier alpha value is -3.32. The van der Waals surface area contributed by atoms with Gasteiger partial charge in [0.1, 0.15) is 0 Å². The topological polar surface area (TPSA) is 3.24 Å². The van der Waals surface area contributed by atoms with Gasteiger partial charge in [-0.25, -0.2) is 0 Å². The van der Waals surface area contributed by atoms with Crippen LogP contribution in [0.2, 0.25) is 0 Å². The first-order valence-electron chi connectivity index (χ1n) is 10.1. The van der Waals surface area contributed by atoms with E-state index in [1.807, 2.05) is 18.2 Å². The smallest absolute Gasteiger partial charge is 0.0408 e. The van der Waals surface area contributed by atoms with E-state index in [0.29, 0.717) is 5.92 Å². The molecule has 1 heteroatoms. The fourth-order valence-electron chi connectivity index (χ4n) is 3.14. The SMILES string of the molecule is CC(C)c1ccc(-c2ccccc2)cc1.CN(c1ccccc1)c1ccccc1. The Labute approximate surface area is 175 Å². The molecule has 4 aromatic carbocycles. The van der Waals surface area contributed by atoms with Crippen LogP contribution in [0, 0.1) is 0 Å². The van der Waals surface area contributed by atoms with Crippen molar-refractivity contribution in [2.45, 2.75) is 19.8 Å². The summed E-state index contributed by atoms with van der Waals surface area (Å²) in [6.45, 7) is 4.44. The molecule has 0 unspecified atom stereocenters. The molecule has 0 aromatic heterocycles. The first-order chi connectivity index (χ1) is 14.1. The summed E-state index contributed by atoms with van der Waals surface area (Å²) in [5.41, 5.74) is 6.39. The lowest BCUT2D eigenvalue weighted by molar-refractivity contribution is 0.867. The zero-order chi connectivity index (χ0) is 20.5. The minimum absolute atomic E-state index is 0.606. The lowest BCUT2D eigenvalue weighted by Gasteiger charge is -2.18. The van der Waals surface area contributed by atoms with Crippen LogP contribution >= 0.6 is 0 Å². The average molecular weight is 380 g/mol. The van der Waals surface area contributed by atoms with E-state index in [4.69, 9.17) is 0 Å². The van der Waals surface area contributed by atoms with Gasteiger partial charge in [0, 0.05) is 18.4 Å². The second kappa shape index (κ2) is 10.3. The molecular weight excluding hydrogens is 350 g/mol. The summed E-state index contributed by atoms with van der Waals surface area (Å²) in [5, 5.41) is 0. The van der Waals surface area contributed by atoms with Gasteiger partial charge in [-0.3, -0.25) is 0 Å². The number of nitrogens with zero attached hydrogens (tertiary/aromatic N) is 1. The molecule has 4 rings (SSSR count). The highest BCUT2D eigenvalue weighted by molar-refractivity contribution is 5.63. The Balaban J connectivity index is 0.000000166. The van der Waals surface area contributed by atoms with Gasteiger partial charge in [0.05, 0.1) is 0 Å². The number of hydrogen-bond acceptors (Lipinski definition) is 1. The molecule has 0 saturated carbocycles. The number of benzene rings is 4. The van der Waals surface area contributed by atoms with Crippen molar-refractivity contribution in [2.24, 2.45) is 0 Å². The van der Waals surface area contributed by atoms with Crippen LogP contribution < -0.4 is 4.90 Å². The van der Waals surface area contributed by atoms with Crippen LogP contribution in [0.5, 0.6) is 0 Å². The van der Waals surface area contributed by atoms with Crippen molar-refractivity contribution >= 4 is 11.4 Å². The molecule has 146 valence electrons. The summed E-state index contributed by atoms with van der Waals surface area (Å²) in [5.74, 6) is 0.606. The van der Waals surface area contributed by atoms with Gasteiger partial charge in [-0.1, -0.05) is 105 Å². The third kappa shape index (κ3) is 5.83. The highest BCUT2D eigenvalue weighted by Gasteiger charge is 2.01. The Morgan fingerprint density at radius 3 is 1.28 bits per heavy atom. The van der Waals surface area contributed by atoms with Crippen LogP contribution in [0.4, 0.5) is 11.4 Å². The summed E-state index contributed by atoms with van der Waals surface area (Å²) >= 11 is 0. The monoisotopic (exact) mass is 379 g/mol. The van der Waals surface area contributed by atoms with Crippen LogP contribution in [0.3, 0.4) is 0 Å². The van der Waals surface area contributed by atoms with Crippen molar-refractivity contribution in [2.75, 3.05) is 11.9 Å². The van der Waals surface area contributed by atoms with E-state index in [1.54, 1.807) is 0 Å². The standard InChI is InChI=1S/C15H16.C13H13N/c1-12(2)13-8-10-15(11-9-13)14-6-4-3-5-7-14;1-14(12-8-4-2-5-9-12)13-10-6-3-7-11-13/h3-12H,1-2H3;2-11H,1H3. The van der Waals surface area contributed by atoms with Gasteiger partial charge in [-0.05, 0) is 46.9 Å². The summed E-state index contributed by atoms with van der Waals surface area (Å²) in [7, 11) is 2.07. The Bertz CT molecular complexity index is 919. The molecule has 4 aromatic rings. The third-order valence-electron chi connectivity index (χ3n) is 4.97. The number of anilines is 2. The summed E-state index contributed by atoms with van der Waals surface area (Å²) in [6.07, 6.45) is 0. The molecule has 1 nitrogen and oxygen atoms in total.